The van der Waals surface area contributed by atoms with Crippen LogP contribution in [-0.2, 0) is 11.2 Å². The molecule has 4 rings (SSSR count). The average molecular weight is 458 g/mol. The summed E-state index contributed by atoms with van der Waals surface area (Å²) in [6, 6.07) is 14.7. The summed E-state index contributed by atoms with van der Waals surface area (Å²) in [7, 11) is 0. The van der Waals surface area contributed by atoms with Crippen molar-refractivity contribution in [1.29, 1.82) is 0 Å². The molecule has 0 saturated heterocycles. The SMILES string of the molecule is CCc1cc(=O)[nH]c(-c2cccc(NC(=O)/C=C/c3c(C)nn(-c4ccc(F)cc4)c3C)c2)n1. The van der Waals surface area contributed by atoms with Crippen LogP contribution < -0.4 is 10.9 Å². The number of nitrogens with one attached hydrogen (secondary N) is 2. The minimum atomic E-state index is -0.314. The largest absolute Gasteiger partial charge is 0.322 e. The summed E-state index contributed by atoms with van der Waals surface area (Å²) in [5, 5.41) is 7.35. The van der Waals surface area contributed by atoms with Gasteiger partial charge in [-0.1, -0.05) is 19.1 Å². The van der Waals surface area contributed by atoms with Crippen LogP contribution in [0.4, 0.5) is 10.1 Å². The molecule has 0 radical (unpaired) electrons. The van der Waals surface area contributed by atoms with Crippen molar-refractivity contribution in [2.24, 2.45) is 0 Å². The van der Waals surface area contributed by atoms with Crippen molar-refractivity contribution in [3.8, 4) is 17.1 Å². The minimum Gasteiger partial charge on any atom is -0.322 e. The molecule has 34 heavy (non-hydrogen) atoms. The Morgan fingerprint density at radius 2 is 1.91 bits per heavy atom. The number of halogens is 1. The van der Waals surface area contributed by atoms with Crippen LogP contribution in [-0.4, -0.2) is 25.7 Å². The third-order valence-electron chi connectivity index (χ3n) is 5.38. The Hall–Kier alpha value is -4.33. The van der Waals surface area contributed by atoms with Crippen LogP contribution in [0.1, 0.15) is 29.6 Å². The molecule has 2 N–H and O–H groups in total. The van der Waals surface area contributed by atoms with Crippen molar-refractivity contribution in [2.45, 2.75) is 27.2 Å². The van der Waals surface area contributed by atoms with Crippen LogP contribution in [0.15, 0.2) is 65.5 Å². The van der Waals surface area contributed by atoms with Crippen LogP contribution in [0.3, 0.4) is 0 Å². The number of amides is 1. The van der Waals surface area contributed by atoms with Crippen LogP contribution in [0.5, 0.6) is 0 Å². The molecule has 2 heterocycles. The lowest BCUT2D eigenvalue weighted by atomic mass is 10.1. The van der Waals surface area contributed by atoms with E-state index in [1.807, 2.05) is 26.8 Å². The van der Waals surface area contributed by atoms with Gasteiger partial charge in [-0.25, -0.2) is 14.1 Å². The lowest BCUT2D eigenvalue weighted by Crippen LogP contribution is -2.10. The predicted octanol–water partition coefficient (Wildman–Crippen LogP) is 4.59. The number of carbonyl (C=O) groups is 1. The van der Waals surface area contributed by atoms with Gasteiger partial charge in [-0.2, -0.15) is 5.10 Å². The van der Waals surface area contributed by atoms with Gasteiger partial charge in [-0.15, -0.1) is 0 Å². The number of H-pyrrole nitrogens is 1. The molecule has 0 aliphatic carbocycles. The molecule has 0 aliphatic heterocycles. The monoisotopic (exact) mass is 457 g/mol. The Labute approximate surface area is 196 Å². The smallest absolute Gasteiger partial charge is 0.251 e. The van der Waals surface area contributed by atoms with Crippen molar-refractivity contribution in [2.75, 3.05) is 5.32 Å². The quantitative estimate of drug-likeness (QED) is 0.414. The second-order valence-electron chi connectivity index (χ2n) is 7.81. The summed E-state index contributed by atoms with van der Waals surface area (Å²) < 4.78 is 15.0. The fourth-order valence-electron chi connectivity index (χ4n) is 3.64. The van der Waals surface area contributed by atoms with Crippen LogP contribution in [0.2, 0.25) is 0 Å². The number of hydrogen-bond acceptors (Lipinski definition) is 4. The van der Waals surface area contributed by atoms with Gasteiger partial charge in [0.15, 0.2) is 0 Å². The van der Waals surface area contributed by atoms with Crippen LogP contribution in [0.25, 0.3) is 23.2 Å². The molecular weight excluding hydrogens is 433 g/mol. The number of hydrogen-bond donors (Lipinski definition) is 2. The molecule has 0 fully saturated rings. The summed E-state index contributed by atoms with van der Waals surface area (Å²) in [5.74, 6) is -0.170. The molecule has 8 heteroatoms. The van der Waals surface area contributed by atoms with E-state index in [1.54, 1.807) is 41.1 Å². The number of nitrogens with zero attached hydrogens (tertiary/aromatic N) is 3. The first-order valence-corrected chi connectivity index (χ1v) is 10.9. The van der Waals surface area contributed by atoms with Gasteiger partial charge in [0.25, 0.3) is 5.56 Å². The van der Waals surface area contributed by atoms with E-state index in [-0.39, 0.29) is 17.3 Å². The molecular formula is C26H24FN5O2. The third kappa shape index (κ3) is 5.01. The van der Waals surface area contributed by atoms with Gasteiger partial charge in [0.05, 0.1) is 11.4 Å². The second-order valence-corrected chi connectivity index (χ2v) is 7.81. The van der Waals surface area contributed by atoms with Gasteiger partial charge in [-0.05, 0) is 62.7 Å². The molecule has 1 amide bonds. The van der Waals surface area contributed by atoms with Gasteiger partial charge in [0.2, 0.25) is 5.91 Å². The van der Waals surface area contributed by atoms with E-state index < -0.39 is 0 Å². The Morgan fingerprint density at radius 3 is 2.65 bits per heavy atom. The Bertz CT molecular complexity index is 1430. The van der Waals surface area contributed by atoms with E-state index in [0.717, 1.165) is 22.6 Å². The number of anilines is 1. The number of benzene rings is 2. The summed E-state index contributed by atoms with van der Waals surface area (Å²) in [6.07, 6.45) is 3.80. The first-order valence-electron chi connectivity index (χ1n) is 10.9. The van der Waals surface area contributed by atoms with E-state index in [1.165, 1.54) is 24.3 Å². The molecule has 2 aromatic heterocycles. The zero-order valence-corrected chi connectivity index (χ0v) is 19.1. The lowest BCUT2D eigenvalue weighted by molar-refractivity contribution is -0.111. The van der Waals surface area contributed by atoms with Crippen LogP contribution in [0, 0.1) is 19.7 Å². The van der Waals surface area contributed by atoms with Gasteiger partial charge in [0.1, 0.15) is 11.6 Å². The molecule has 2 aromatic carbocycles. The zero-order chi connectivity index (χ0) is 24.2. The minimum absolute atomic E-state index is 0.217. The van der Waals surface area contributed by atoms with Crippen molar-refractivity contribution in [3.05, 3.63) is 99.5 Å². The third-order valence-corrected chi connectivity index (χ3v) is 5.38. The van der Waals surface area contributed by atoms with E-state index in [2.05, 4.69) is 20.4 Å². The molecule has 172 valence electrons. The maximum absolute atomic E-state index is 13.2. The Balaban J connectivity index is 1.52. The topological polar surface area (TPSA) is 92.7 Å². The highest BCUT2D eigenvalue weighted by Crippen LogP contribution is 2.21. The Kier molecular flexibility index (Phi) is 6.49. The van der Waals surface area contributed by atoms with E-state index >= 15 is 0 Å². The number of rotatable bonds is 6. The normalized spacial score (nSPS) is 11.2. The average Bonchev–Trinajstić information content (AvgIpc) is 3.11. The summed E-state index contributed by atoms with van der Waals surface area (Å²) >= 11 is 0. The molecule has 0 unspecified atom stereocenters. The molecule has 7 nitrogen and oxygen atoms in total. The maximum Gasteiger partial charge on any atom is 0.251 e. The predicted molar refractivity (Wildman–Crippen MR) is 130 cm³/mol. The van der Waals surface area contributed by atoms with E-state index in [0.29, 0.717) is 29.2 Å². The van der Waals surface area contributed by atoms with Crippen molar-refractivity contribution in [1.82, 2.24) is 19.7 Å². The molecule has 0 atom stereocenters. The lowest BCUT2D eigenvalue weighted by Gasteiger charge is -2.07. The molecule has 0 aliphatic rings. The zero-order valence-electron chi connectivity index (χ0n) is 19.1. The standard InChI is InChI=1S/C26H24FN5O2/c1-4-20-15-25(34)30-26(29-20)18-6-5-7-21(14-18)28-24(33)13-12-23-16(2)31-32(17(23)3)22-10-8-19(27)9-11-22/h5-15H,4H2,1-3H3,(H,28,33)(H,29,30,34)/b13-12+. The van der Waals surface area contributed by atoms with Gasteiger partial charge in [0, 0.05) is 40.3 Å². The van der Waals surface area contributed by atoms with Gasteiger partial charge in [-0.3, -0.25) is 9.59 Å². The van der Waals surface area contributed by atoms with Gasteiger partial charge < -0.3 is 10.3 Å². The van der Waals surface area contributed by atoms with E-state index in [4.69, 9.17) is 0 Å². The number of carbonyl (C=O) groups excluding carboxylic acids is 1. The first kappa shape index (κ1) is 22.8. The van der Waals surface area contributed by atoms with Gasteiger partial charge >= 0.3 is 0 Å². The summed E-state index contributed by atoms with van der Waals surface area (Å²) in [5.41, 5.74) is 4.88. The highest BCUT2D eigenvalue weighted by atomic mass is 19.1. The maximum atomic E-state index is 13.2. The molecule has 0 saturated carbocycles. The molecule has 0 bridgehead atoms. The second kappa shape index (κ2) is 9.66. The molecule has 4 aromatic rings. The summed E-state index contributed by atoms with van der Waals surface area (Å²) in [6.45, 7) is 5.68. The van der Waals surface area contributed by atoms with E-state index in [9.17, 15) is 14.0 Å². The van der Waals surface area contributed by atoms with Crippen molar-refractivity contribution in [3.63, 3.8) is 0 Å². The highest BCUT2D eigenvalue weighted by Gasteiger charge is 2.11. The fraction of sp³-hybridized carbons (Fsp3) is 0.154. The Morgan fingerprint density at radius 1 is 1.15 bits per heavy atom. The number of aryl methyl sites for hydroxylation is 2. The highest BCUT2D eigenvalue weighted by molar-refractivity contribution is 6.02. The summed E-state index contributed by atoms with van der Waals surface area (Å²) in [4.78, 5) is 31.7. The van der Waals surface area contributed by atoms with Crippen molar-refractivity contribution < 1.29 is 9.18 Å². The first-order chi connectivity index (χ1) is 16.3. The number of aromatic amines is 1. The fourth-order valence-corrected chi connectivity index (χ4v) is 3.64. The van der Waals surface area contributed by atoms with Crippen molar-refractivity contribution >= 4 is 17.7 Å². The number of aromatic nitrogens is 4. The van der Waals surface area contributed by atoms with Crippen LogP contribution >= 0.6 is 0 Å². The molecule has 0 spiro atoms.